The number of nitriles is 1. The summed E-state index contributed by atoms with van der Waals surface area (Å²) in [6, 6.07) is 15.9. The second kappa shape index (κ2) is 6.55. The molecule has 22 heavy (non-hydrogen) atoms. The van der Waals surface area contributed by atoms with Crippen LogP contribution in [0.5, 0.6) is 0 Å². The Morgan fingerprint density at radius 2 is 1.73 bits per heavy atom. The van der Waals surface area contributed by atoms with Crippen LogP contribution >= 0.6 is 0 Å². The van der Waals surface area contributed by atoms with Crippen LogP contribution in [0.25, 0.3) is 11.6 Å². The van der Waals surface area contributed by atoms with E-state index in [1.165, 1.54) is 12.1 Å². The van der Waals surface area contributed by atoms with E-state index < -0.39 is 4.92 Å². The van der Waals surface area contributed by atoms with Gasteiger partial charge >= 0.3 is 0 Å². The highest BCUT2D eigenvalue weighted by molar-refractivity contribution is 5.89. The molecule has 2 rings (SSSR count). The van der Waals surface area contributed by atoms with Gasteiger partial charge in [0.25, 0.3) is 5.69 Å². The molecule has 0 saturated heterocycles. The number of allylic oxidation sites excluding steroid dienone is 1. The molecule has 0 heterocycles. The molecule has 110 valence electrons. The maximum absolute atomic E-state index is 10.7. The molecule has 5 heteroatoms. The highest BCUT2D eigenvalue weighted by Crippen LogP contribution is 2.22. The van der Waals surface area contributed by atoms with Crippen LogP contribution < -0.4 is 4.90 Å². The average Bonchev–Trinajstić information content (AvgIpc) is 2.53. The number of nitro groups is 1. The van der Waals surface area contributed by atoms with Crippen molar-refractivity contribution in [3.05, 3.63) is 69.8 Å². The molecular formula is C17H15N3O2. The van der Waals surface area contributed by atoms with Gasteiger partial charge in [-0.05, 0) is 41.5 Å². The third-order valence-corrected chi connectivity index (χ3v) is 3.23. The standard InChI is InChI=1S/C17H15N3O2/c1-19(2)16-7-3-13(4-8-16)11-15(12-18)14-5-9-17(10-6-14)20(21)22/h3-11H,1-2H3/b15-11+. The Morgan fingerprint density at radius 1 is 1.14 bits per heavy atom. The predicted molar refractivity (Wildman–Crippen MR) is 87.3 cm³/mol. The van der Waals surface area contributed by atoms with Crippen LogP contribution in [0.1, 0.15) is 11.1 Å². The quantitative estimate of drug-likeness (QED) is 0.373. The number of hydrogen-bond donors (Lipinski definition) is 0. The smallest absolute Gasteiger partial charge is 0.269 e. The predicted octanol–water partition coefficient (Wildman–Crippen LogP) is 3.72. The molecule has 0 aromatic heterocycles. The number of anilines is 1. The Bertz CT molecular complexity index is 739. The highest BCUT2D eigenvalue weighted by Gasteiger charge is 2.07. The van der Waals surface area contributed by atoms with Gasteiger partial charge in [0.2, 0.25) is 0 Å². The van der Waals surface area contributed by atoms with Gasteiger partial charge in [-0.3, -0.25) is 10.1 Å². The first kappa shape index (κ1) is 15.3. The minimum atomic E-state index is -0.459. The lowest BCUT2D eigenvalue weighted by molar-refractivity contribution is -0.384. The number of non-ortho nitro benzene ring substituents is 1. The topological polar surface area (TPSA) is 70.2 Å². The molecule has 2 aromatic carbocycles. The van der Waals surface area contributed by atoms with Crippen molar-refractivity contribution in [3.63, 3.8) is 0 Å². The van der Waals surface area contributed by atoms with E-state index in [1.54, 1.807) is 18.2 Å². The fraction of sp³-hybridized carbons (Fsp3) is 0.118. The molecule has 0 spiro atoms. The van der Waals surface area contributed by atoms with Gasteiger partial charge in [-0.25, -0.2) is 0 Å². The molecule has 0 N–H and O–H groups in total. The van der Waals surface area contributed by atoms with Gasteiger partial charge in [0, 0.05) is 31.9 Å². The third kappa shape index (κ3) is 3.49. The molecule has 0 aliphatic carbocycles. The molecule has 0 amide bonds. The summed E-state index contributed by atoms with van der Waals surface area (Å²) in [5.41, 5.74) is 3.11. The fourth-order valence-electron chi connectivity index (χ4n) is 1.98. The molecule has 2 aromatic rings. The Balaban J connectivity index is 2.31. The van der Waals surface area contributed by atoms with Crippen molar-refractivity contribution in [1.82, 2.24) is 0 Å². The molecule has 0 aliphatic heterocycles. The fourth-order valence-corrected chi connectivity index (χ4v) is 1.98. The van der Waals surface area contributed by atoms with Crippen LogP contribution in [-0.4, -0.2) is 19.0 Å². The number of nitro benzene ring substituents is 1. The third-order valence-electron chi connectivity index (χ3n) is 3.23. The lowest BCUT2D eigenvalue weighted by atomic mass is 10.0. The first-order valence-corrected chi connectivity index (χ1v) is 6.65. The average molecular weight is 293 g/mol. The van der Waals surface area contributed by atoms with E-state index in [0.717, 1.165) is 11.3 Å². The summed E-state index contributed by atoms with van der Waals surface area (Å²) < 4.78 is 0. The minimum absolute atomic E-state index is 0.0105. The van der Waals surface area contributed by atoms with Gasteiger partial charge in [0.15, 0.2) is 0 Å². The van der Waals surface area contributed by atoms with E-state index >= 15 is 0 Å². The van der Waals surface area contributed by atoms with Crippen molar-refractivity contribution >= 4 is 23.0 Å². The van der Waals surface area contributed by atoms with Crippen molar-refractivity contribution < 1.29 is 4.92 Å². The summed E-state index contributed by atoms with van der Waals surface area (Å²) in [6.07, 6.45) is 1.76. The van der Waals surface area contributed by atoms with Crippen LogP contribution in [0.3, 0.4) is 0 Å². The molecule has 0 fully saturated rings. The minimum Gasteiger partial charge on any atom is -0.378 e. The molecular weight excluding hydrogens is 278 g/mol. The van der Waals surface area contributed by atoms with E-state index in [2.05, 4.69) is 6.07 Å². The van der Waals surface area contributed by atoms with Gasteiger partial charge in [0.05, 0.1) is 16.6 Å². The van der Waals surface area contributed by atoms with Crippen LogP contribution in [0.2, 0.25) is 0 Å². The van der Waals surface area contributed by atoms with Gasteiger partial charge in [-0.15, -0.1) is 0 Å². The van der Waals surface area contributed by atoms with E-state index in [-0.39, 0.29) is 5.69 Å². The molecule has 5 nitrogen and oxygen atoms in total. The normalized spacial score (nSPS) is 10.9. The Hall–Kier alpha value is -3.13. The van der Waals surface area contributed by atoms with Crippen LogP contribution in [0, 0.1) is 21.4 Å². The molecule has 0 atom stereocenters. The second-order valence-electron chi connectivity index (χ2n) is 4.96. The SMILES string of the molecule is CN(C)c1ccc(/C=C(\C#N)c2ccc([N+](=O)[O-])cc2)cc1. The van der Waals surface area contributed by atoms with Gasteiger partial charge in [-0.2, -0.15) is 5.26 Å². The maximum Gasteiger partial charge on any atom is 0.269 e. The lowest BCUT2D eigenvalue weighted by Crippen LogP contribution is -2.07. The van der Waals surface area contributed by atoms with Crippen molar-refractivity contribution in [1.29, 1.82) is 5.26 Å². The first-order valence-electron chi connectivity index (χ1n) is 6.65. The summed E-state index contributed by atoms with van der Waals surface area (Å²) in [5, 5.41) is 20.0. The summed E-state index contributed by atoms with van der Waals surface area (Å²) in [5.74, 6) is 0. The Morgan fingerprint density at radius 3 is 2.18 bits per heavy atom. The highest BCUT2D eigenvalue weighted by atomic mass is 16.6. The number of benzene rings is 2. The Labute approximate surface area is 128 Å². The largest absolute Gasteiger partial charge is 0.378 e. The lowest BCUT2D eigenvalue weighted by Gasteiger charge is -2.11. The number of nitrogens with zero attached hydrogens (tertiary/aromatic N) is 3. The summed E-state index contributed by atoms with van der Waals surface area (Å²) in [4.78, 5) is 12.2. The van der Waals surface area contributed by atoms with Crippen molar-refractivity contribution in [2.24, 2.45) is 0 Å². The zero-order valence-electron chi connectivity index (χ0n) is 12.4. The number of hydrogen-bond acceptors (Lipinski definition) is 4. The molecule has 0 aliphatic rings. The van der Waals surface area contributed by atoms with Crippen LogP contribution in [-0.2, 0) is 0 Å². The van der Waals surface area contributed by atoms with E-state index in [9.17, 15) is 15.4 Å². The summed E-state index contributed by atoms with van der Waals surface area (Å²) in [7, 11) is 3.92. The van der Waals surface area contributed by atoms with Crippen molar-refractivity contribution in [2.75, 3.05) is 19.0 Å². The van der Waals surface area contributed by atoms with E-state index in [0.29, 0.717) is 11.1 Å². The van der Waals surface area contributed by atoms with Crippen molar-refractivity contribution in [2.45, 2.75) is 0 Å². The van der Waals surface area contributed by atoms with E-state index in [4.69, 9.17) is 0 Å². The van der Waals surface area contributed by atoms with Crippen LogP contribution in [0.4, 0.5) is 11.4 Å². The first-order chi connectivity index (χ1) is 10.5. The molecule has 0 saturated carbocycles. The van der Waals surface area contributed by atoms with Gasteiger partial charge < -0.3 is 4.90 Å². The van der Waals surface area contributed by atoms with Gasteiger partial charge in [0.1, 0.15) is 0 Å². The second-order valence-corrected chi connectivity index (χ2v) is 4.96. The summed E-state index contributed by atoms with van der Waals surface area (Å²) in [6.45, 7) is 0. The van der Waals surface area contributed by atoms with Gasteiger partial charge in [-0.1, -0.05) is 12.1 Å². The molecule has 0 bridgehead atoms. The Kier molecular flexibility index (Phi) is 4.54. The van der Waals surface area contributed by atoms with E-state index in [1.807, 2.05) is 43.3 Å². The zero-order valence-corrected chi connectivity index (χ0v) is 12.4. The maximum atomic E-state index is 10.7. The van der Waals surface area contributed by atoms with Crippen molar-refractivity contribution in [3.8, 4) is 6.07 Å². The zero-order chi connectivity index (χ0) is 16.1. The monoisotopic (exact) mass is 293 g/mol. The van der Waals surface area contributed by atoms with Crippen LogP contribution in [0.15, 0.2) is 48.5 Å². The number of rotatable bonds is 4. The summed E-state index contributed by atoms with van der Waals surface area (Å²) >= 11 is 0. The molecule has 0 radical (unpaired) electrons. The molecule has 0 unspecified atom stereocenters.